The first-order chi connectivity index (χ1) is 14.0. The number of likely N-dealkylation sites (tertiary alicyclic amines) is 1. The fraction of sp³-hybridized carbons (Fsp3) is 0.435. The molecule has 0 spiro atoms. The minimum atomic E-state index is 0.0375. The Bertz CT molecular complexity index is 821. The fourth-order valence-electron chi connectivity index (χ4n) is 3.82. The minimum absolute atomic E-state index is 0.0375. The van der Waals surface area contributed by atoms with Crippen molar-refractivity contribution in [2.24, 2.45) is 0 Å². The first-order valence-electron chi connectivity index (χ1n) is 10.0. The highest BCUT2D eigenvalue weighted by molar-refractivity contribution is 5.78. The lowest BCUT2D eigenvalue weighted by atomic mass is 10.0. The SMILES string of the molecule is COc1ccc(OC)c([C@H]2CCCN2CC(=O)NCc2ccc(N(C)C)cc2)c1. The van der Waals surface area contributed by atoms with Gasteiger partial charge in [0.15, 0.2) is 0 Å². The zero-order valence-electron chi connectivity index (χ0n) is 17.8. The van der Waals surface area contributed by atoms with E-state index in [2.05, 4.69) is 39.4 Å². The third-order valence-electron chi connectivity index (χ3n) is 5.45. The lowest BCUT2D eigenvalue weighted by Gasteiger charge is -2.26. The molecule has 3 rings (SSSR count). The smallest absolute Gasteiger partial charge is 0.234 e. The standard InChI is InChI=1S/C23H31N3O3/c1-25(2)18-9-7-17(8-10-18)15-24-23(27)16-26-13-5-6-21(26)20-14-19(28-3)11-12-22(20)29-4/h7-12,14,21H,5-6,13,15-16H2,1-4H3,(H,24,27)/t21-/m1/s1. The molecule has 0 aliphatic carbocycles. The number of benzene rings is 2. The predicted octanol–water partition coefficient (Wildman–Crippen LogP) is 3.22. The summed E-state index contributed by atoms with van der Waals surface area (Å²) in [4.78, 5) is 16.9. The summed E-state index contributed by atoms with van der Waals surface area (Å²) in [5.41, 5.74) is 3.32. The van der Waals surface area contributed by atoms with E-state index in [-0.39, 0.29) is 11.9 Å². The largest absolute Gasteiger partial charge is 0.497 e. The molecule has 2 aromatic carbocycles. The maximum Gasteiger partial charge on any atom is 0.234 e. The van der Waals surface area contributed by atoms with Crippen molar-refractivity contribution in [1.82, 2.24) is 10.2 Å². The van der Waals surface area contributed by atoms with Gasteiger partial charge in [-0.3, -0.25) is 9.69 Å². The highest BCUT2D eigenvalue weighted by Crippen LogP contribution is 2.38. The molecule has 1 fully saturated rings. The Labute approximate surface area is 173 Å². The maximum absolute atomic E-state index is 12.6. The summed E-state index contributed by atoms with van der Waals surface area (Å²) in [7, 11) is 7.37. The van der Waals surface area contributed by atoms with Gasteiger partial charge in [-0.15, -0.1) is 0 Å². The van der Waals surface area contributed by atoms with Crippen LogP contribution in [0.25, 0.3) is 0 Å². The lowest BCUT2D eigenvalue weighted by molar-refractivity contribution is -0.122. The van der Waals surface area contributed by atoms with Crippen LogP contribution >= 0.6 is 0 Å². The zero-order valence-corrected chi connectivity index (χ0v) is 17.8. The van der Waals surface area contributed by atoms with E-state index in [1.54, 1.807) is 14.2 Å². The highest BCUT2D eigenvalue weighted by Gasteiger charge is 2.30. The van der Waals surface area contributed by atoms with Crippen molar-refractivity contribution in [1.29, 1.82) is 0 Å². The molecule has 6 nitrogen and oxygen atoms in total. The number of hydrogen-bond acceptors (Lipinski definition) is 5. The third kappa shape index (κ3) is 5.21. The van der Waals surface area contributed by atoms with E-state index in [9.17, 15) is 4.79 Å². The van der Waals surface area contributed by atoms with Gasteiger partial charge in [0.2, 0.25) is 5.91 Å². The van der Waals surface area contributed by atoms with Crippen LogP contribution in [-0.4, -0.2) is 52.2 Å². The monoisotopic (exact) mass is 397 g/mol. The van der Waals surface area contributed by atoms with E-state index >= 15 is 0 Å². The van der Waals surface area contributed by atoms with Crippen LogP contribution in [0.4, 0.5) is 5.69 Å². The molecule has 1 aliphatic rings. The molecule has 1 N–H and O–H groups in total. The van der Waals surface area contributed by atoms with Gasteiger partial charge in [0.25, 0.3) is 0 Å². The average Bonchev–Trinajstić information content (AvgIpc) is 3.19. The summed E-state index contributed by atoms with van der Waals surface area (Å²) < 4.78 is 10.9. The van der Waals surface area contributed by atoms with Gasteiger partial charge in [0, 0.05) is 37.9 Å². The summed E-state index contributed by atoms with van der Waals surface area (Å²) >= 11 is 0. The summed E-state index contributed by atoms with van der Waals surface area (Å²) in [6.07, 6.45) is 2.06. The molecule has 0 saturated carbocycles. The van der Waals surface area contributed by atoms with Gasteiger partial charge >= 0.3 is 0 Å². The van der Waals surface area contributed by atoms with Crippen LogP contribution in [0.2, 0.25) is 0 Å². The molecule has 0 bridgehead atoms. The molecule has 29 heavy (non-hydrogen) atoms. The van der Waals surface area contributed by atoms with Crippen molar-refractivity contribution in [2.75, 3.05) is 46.3 Å². The number of anilines is 1. The van der Waals surface area contributed by atoms with E-state index in [4.69, 9.17) is 9.47 Å². The number of rotatable bonds is 8. The second-order valence-electron chi connectivity index (χ2n) is 7.57. The van der Waals surface area contributed by atoms with Gasteiger partial charge in [0.1, 0.15) is 11.5 Å². The normalized spacial score (nSPS) is 16.5. The van der Waals surface area contributed by atoms with E-state index in [0.717, 1.165) is 47.7 Å². The number of carbonyl (C=O) groups excluding carboxylic acids is 1. The number of ether oxygens (including phenoxy) is 2. The van der Waals surface area contributed by atoms with Gasteiger partial charge in [-0.05, 0) is 55.3 Å². The van der Waals surface area contributed by atoms with Crippen LogP contribution in [0.15, 0.2) is 42.5 Å². The van der Waals surface area contributed by atoms with Gasteiger partial charge in [-0.1, -0.05) is 12.1 Å². The van der Waals surface area contributed by atoms with Crippen molar-refractivity contribution in [2.45, 2.75) is 25.4 Å². The van der Waals surface area contributed by atoms with Gasteiger partial charge < -0.3 is 19.7 Å². The van der Waals surface area contributed by atoms with E-state index in [1.165, 1.54) is 0 Å². The van der Waals surface area contributed by atoms with Crippen LogP contribution in [0.3, 0.4) is 0 Å². The average molecular weight is 398 g/mol. The van der Waals surface area contributed by atoms with E-state index < -0.39 is 0 Å². The summed E-state index contributed by atoms with van der Waals surface area (Å²) in [5.74, 6) is 1.68. The Morgan fingerprint density at radius 1 is 1.14 bits per heavy atom. The molecule has 1 atom stereocenters. The zero-order chi connectivity index (χ0) is 20.8. The number of nitrogens with one attached hydrogen (secondary N) is 1. The van der Waals surface area contributed by atoms with Crippen molar-refractivity contribution >= 4 is 11.6 Å². The molecule has 0 radical (unpaired) electrons. The topological polar surface area (TPSA) is 54.0 Å². The molecule has 1 saturated heterocycles. The number of carbonyl (C=O) groups is 1. The van der Waals surface area contributed by atoms with Gasteiger partial charge in [-0.25, -0.2) is 0 Å². The number of hydrogen-bond donors (Lipinski definition) is 1. The van der Waals surface area contributed by atoms with Crippen LogP contribution in [0.5, 0.6) is 11.5 Å². The predicted molar refractivity (Wildman–Crippen MR) is 116 cm³/mol. The third-order valence-corrected chi connectivity index (χ3v) is 5.45. The number of nitrogens with zero attached hydrogens (tertiary/aromatic N) is 2. The first kappa shape index (κ1) is 21.0. The molecule has 2 aromatic rings. The molecule has 6 heteroatoms. The maximum atomic E-state index is 12.6. The molecule has 1 aliphatic heterocycles. The Hall–Kier alpha value is -2.73. The van der Waals surface area contributed by atoms with Crippen molar-refractivity contribution < 1.29 is 14.3 Å². The van der Waals surface area contributed by atoms with E-state index in [1.807, 2.05) is 32.3 Å². The Morgan fingerprint density at radius 2 is 1.90 bits per heavy atom. The molecular formula is C23H31N3O3. The second-order valence-corrected chi connectivity index (χ2v) is 7.57. The van der Waals surface area contributed by atoms with Crippen LogP contribution in [0.1, 0.15) is 30.0 Å². The first-order valence-corrected chi connectivity index (χ1v) is 10.0. The molecular weight excluding hydrogens is 366 g/mol. The second kappa shape index (κ2) is 9.65. The van der Waals surface area contributed by atoms with Gasteiger partial charge in [-0.2, -0.15) is 0 Å². The van der Waals surface area contributed by atoms with Gasteiger partial charge in [0.05, 0.1) is 20.8 Å². The Morgan fingerprint density at radius 3 is 2.55 bits per heavy atom. The van der Waals surface area contributed by atoms with Crippen molar-refractivity contribution in [3.05, 3.63) is 53.6 Å². The molecule has 0 aromatic heterocycles. The van der Waals surface area contributed by atoms with Crippen LogP contribution < -0.4 is 19.7 Å². The van der Waals surface area contributed by atoms with Crippen molar-refractivity contribution in [3.8, 4) is 11.5 Å². The number of amides is 1. The molecule has 1 amide bonds. The quantitative estimate of drug-likeness (QED) is 0.741. The Balaban J connectivity index is 1.61. The highest BCUT2D eigenvalue weighted by atomic mass is 16.5. The summed E-state index contributed by atoms with van der Waals surface area (Å²) in [6.45, 7) is 1.81. The van der Waals surface area contributed by atoms with E-state index in [0.29, 0.717) is 13.1 Å². The molecule has 1 heterocycles. The fourth-order valence-corrected chi connectivity index (χ4v) is 3.82. The van der Waals surface area contributed by atoms with Crippen LogP contribution in [-0.2, 0) is 11.3 Å². The summed E-state index contributed by atoms with van der Waals surface area (Å²) in [5, 5.41) is 3.05. The van der Waals surface area contributed by atoms with Crippen LogP contribution in [0, 0.1) is 0 Å². The molecule has 0 unspecified atom stereocenters. The minimum Gasteiger partial charge on any atom is -0.497 e. The number of methoxy groups -OCH3 is 2. The lowest BCUT2D eigenvalue weighted by Crippen LogP contribution is -2.36. The molecule has 156 valence electrons. The Kier molecular flexibility index (Phi) is 6.99. The van der Waals surface area contributed by atoms with Crippen molar-refractivity contribution in [3.63, 3.8) is 0 Å². The summed E-state index contributed by atoms with van der Waals surface area (Å²) in [6, 6.07) is 14.2.